The Morgan fingerprint density at radius 1 is 1.10 bits per heavy atom. The molecule has 2 saturated heterocycles. The Bertz CT molecular complexity index is 575. The third kappa shape index (κ3) is 5.30. The lowest BCUT2D eigenvalue weighted by Crippen LogP contribution is -2.60. The van der Waals surface area contributed by atoms with E-state index in [1.54, 1.807) is 28.4 Å². The standard InChI is InChI=1S/C20H36N2O8/c1-11(2)13-9-29-20(24)22(13)19(23)12(21)7-8-14-16(26-4)18(28-6)17(27-5)15(30-14)10-25-3/h11-18H,7-10,21H2,1-6H3/t12-,13+,14+,15+,16-,17-,18+/m0/s1. The van der Waals surface area contributed by atoms with Crippen molar-refractivity contribution in [3.05, 3.63) is 0 Å². The van der Waals surface area contributed by atoms with Crippen LogP contribution >= 0.6 is 0 Å². The zero-order valence-electron chi connectivity index (χ0n) is 18.7. The molecule has 2 amide bonds. The van der Waals surface area contributed by atoms with E-state index in [0.29, 0.717) is 19.4 Å². The largest absolute Gasteiger partial charge is 0.447 e. The zero-order valence-corrected chi connectivity index (χ0v) is 18.7. The molecule has 0 aromatic heterocycles. The van der Waals surface area contributed by atoms with Crippen molar-refractivity contribution < 1.29 is 38.0 Å². The lowest BCUT2D eigenvalue weighted by Gasteiger charge is -2.45. The SMILES string of the molecule is COC[C@H]1O[C@H](CC[C@H](N)C(=O)N2C(=O)OC[C@@H]2C(C)C)[C@H](OC)[C@@H](OC)[C@H]1OC. The first-order valence-electron chi connectivity index (χ1n) is 10.3. The monoisotopic (exact) mass is 432 g/mol. The van der Waals surface area contributed by atoms with Crippen molar-refractivity contribution in [2.75, 3.05) is 41.7 Å². The minimum Gasteiger partial charge on any atom is -0.447 e. The van der Waals surface area contributed by atoms with Crippen LogP contribution in [0.15, 0.2) is 0 Å². The van der Waals surface area contributed by atoms with E-state index in [1.807, 2.05) is 13.8 Å². The van der Waals surface area contributed by atoms with Crippen LogP contribution in [-0.2, 0) is 33.2 Å². The number of cyclic esters (lactones) is 1. The Labute approximate surface area is 178 Å². The molecule has 2 N–H and O–H groups in total. The van der Waals surface area contributed by atoms with Gasteiger partial charge in [0.15, 0.2) is 0 Å². The van der Waals surface area contributed by atoms with E-state index in [1.165, 1.54) is 0 Å². The second-order valence-corrected chi connectivity index (χ2v) is 8.05. The lowest BCUT2D eigenvalue weighted by atomic mass is 9.91. The first kappa shape index (κ1) is 25.0. The Balaban J connectivity index is 2.06. The predicted molar refractivity (Wildman–Crippen MR) is 107 cm³/mol. The Hall–Kier alpha value is -1.30. The third-order valence-electron chi connectivity index (χ3n) is 5.87. The summed E-state index contributed by atoms with van der Waals surface area (Å²) < 4.78 is 33.3. The molecule has 0 aromatic rings. The van der Waals surface area contributed by atoms with Gasteiger partial charge in [-0.2, -0.15) is 0 Å². The molecular weight excluding hydrogens is 396 g/mol. The van der Waals surface area contributed by atoms with Gasteiger partial charge in [-0.3, -0.25) is 4.79 Å². The molecule has 10 heteroatoms. The highest BCUT2D eigenvalue weighted by atomic mass is 16.6. The van der Waals surface area contributed by atoms with Gasteiger partial charge in [-0.25, -0.2) is 9.69 Å². The summed E-state index contributed by atoms with van der Waals surface area (Å²) in [5, 5.41) is 0. The molecule has 0 spiro atoms. The van der Waals surface area contributed by atoms with Crippen molar-refractivity contribution in [1.82, 2.24) is 4.90 Å². The number of methoxy groups -OCH3 is 4. The minimum absolute atomic E-state index is 0.0791. The van der Waals surface area contributed by atoms with Gasteiger partial charge in [-0.1, -0.05) is 13.8 Å². The molecule has 2 aliphatic rings. The maximum absolute atomic E-state index is 12.8. The van der Waals surface area contributed by atoms with Crippen LogP contribution in [-0.4, -0.2) is 101 Å². The van der Waals surface area contributed by atoms with Crippen LogP contribution in [0.4, 0.5) is 4.79 Å². The van der Waals surface area contributed by atoms with Crippen LogP contribution in [0.25, 0.3) is 0 Å². The number of carbonyl (C=O) groups excluding carboxylic acids is 2. The molecule has 0 aromatic carbocycles. The Kier molecular flexibility index (Phi) is 9.45. The van der Waals surface area contributed by atoms with E-state index in [-0.39, 0.29) is 43.0 Å². The Morgan fingerprint density at radius 2 is 1.70 bits per heavy atom. The van der Waals surface area contributed by atoms with Crippen LogP contribution in [0.2, 0.25) is 0 Å². The van der Waals surface area contributed by atoms with Gasteiger partial charge in [-0.05, 0) is 18.8 Å². The summed E-state index contributed by atoms with van der Waals surface area (Å²) in [4.78, 5) is 26.0. The number of nitrogens with two attached hydrogens (primary N) is 1. The van der Waals surface area contributed by atoms with E-state index in [4.69, 9.17) is 34.2 Å². The number of rotatable bonds is 10. The molecule has 174 valence electrons. The van der Waals surface area contributed by atoms with Crippen LogP contribution < -0.4 is 5.73 Å². The molecule has 0 bridgehead atoms. The van der Waals surface area contributed by atoms with Gasteiger partial charge < -0.3 is 34.2 Å². The number of amides is 2. The van der Waals surface area contributed by atoms with Crippen molar-refractivity contribution in [2.45, 2.75) is 69.3 Å². The molecular formula is C20H36N2O8. The number of hydrogen-bond acceptors (Lipinski definition) is 9. The number of nitrogens with zero attached hydrogens (tertiary/aromatic N) is 1. The topological polar surface area (TPSA) is 119 Å². The van der Waals surface area contributed by atoms with Crippen molar-refractivity contribution in [3.8, 4) is 0 Å². The Morgan fingerprint density at radius 3 is 2.23 bits per heavy atom. The van der Waals surface area contributed by atoms with Gasteiger partial charge in [0.1, 0.15) is 31.0 Å². The summed E-state index contributed by atoms with van der Waals surface area (Å²) in [6.45, 7) is 4.39. The molecule has 0 radical (unpaired) electrons. The molecule has 0 unspecified atom stereocenters. The van der Waals surface area contributed by atoms with Gasteiger partial charge in [0.05, 0.1) is 24.8 Å². The maximum atomic E-state index is 12.8. The molecule has 2 rings (SSSR count). The van der Waals surface area contributed by atoms with E-state index in [9.17, 15) is 9.59 Å². The summed E-state index contributed by atoms with van der Waals surface area (Å²) in [5.41, 5.74) is 6.16. The fraction of sp³-hybridized carbons (Fsp3) is 0.900. The quantitative estimate of drug-likeness (QED) is 0.528. The van der Waals surface area contributed by atoms with Gasteiger partial charge in [0.25, 0.3) is 0 Å². The average molecular weight is 433 g/mol. The fourth-order valence-corrected chi connectivity index (χ4v) is 4.19. The van der Waals surface area contributed by atoms with Crippen molar-refractivity contribution in [2.24, 2.45) is 11.7 Å². The van der Waals surface area contributed by atoms with Crippen LogP contribution in [0.1, 0.15) is 26.7 Å². The molecule has 10 nitrogen and oxygen atoms in total. The first-order chi connectivity index (χ1) is 14.3. The van der Waals surface area contributed by atoms with E-state index in [0.717, 1.165) is 4.90 Å². The molecule has 2 heterocycles. The fourth-order valence-electron chi connectivity index (χ4n) is 4.19. The van der Waals surface area contributed by atoms with Gasteiger partial charge in [-0.15, -0.1) is 0 Å². The highest BCUT2D eigenvalue weighted by Crippen LogP contribution is 2.30. The molecule has 2 fully saturated rings. The second kappa shape index (κ2) is 11.4. The summed E-state index contributed by atoms with van der Waals surface area (Å²) in [6, 6.07) is -1.17. The van der Waals surface area contributed by atoms with Crippen molar-refractivity contribution in [3.63, 3.8) is 0 Å². The normalized spacial score (nSPS) is 33.1. The molecule has 30 heavy (non-hydrogen) atoms. The van der Waals surface area contributed by atoms with Gasteiger partial charge in [0.2, 0.25) is 5.91 Å². The van der Waals surface area contributed by atoms with Gasteiger partial charge in [0, 0.05) is 28.4 Å². The van der Waals surface area contributed by atoms with E-state index >= 15 is 0 Å². The van der Waals surface area contributed by atoms with E-state index in [2.05, 4.69) is 0 Å². The maximum Gasteiger partial charge on any atom is 0.417 e. The summed E-state index contributed by atoms with van der Waals surface area (Å²) in [5.74, 6) is -0.358. The molecule has 0 aliphatic carbocycles. The number of imide groups is 1. The van der Waals surface area contributed by atoms with E-state index < -0.39 is 24.1 Å². The predicted octanol–water partition coefficient (Wildman–Crippen LogP) is 0.556. The van der Waals surface area contributed by atoms with Crippen molar-refractivity contribution >= 4 is 12.0 Å². The summed E-state index contributed by atoms with van der Waals surface area (Å²) in [7, 11) is 6.35. The molecule has 0 saturated carbocycles. The zero-order chi connectivity index (χ0) is 22.4. The highest BCUT2D eigenvalue weighted by molar-refractivity contribution is 5.96. The van der Waals surface area contributed by atoms with Crippen LogP contribution in [0, 0.1) is 5.92 Å². The summed E-state index contributed by atoms with van der Waals surface area (Å²) in [6.07, 6.45) is -1.76. The molecule has 7 atom stereocenters. The van der Waals surface area contributed by atoms with Crippen LogP contribution in [0.3, 0.4) is 0 Å². The lowest BCUT2D eigenvalue weighted by molar-refractivity contribution is -0.250. The summed E-state index contributed by atoms with van der Waals surface area (Å²) >= 11 is 0. The second-order valence-electron chi connectivity index (χ2n) is 8.05. The third-order valence-corrected chi connectivity index (χ3v) is 5.87. The number of carbonyl (C=O) groups is 2. The average Bonchev–Trinajstić information content (AvgIpc) is 3.12. The van der Waals surface area contributed by atoms with Crippen LogP contribution in [0.5, 0.6) is 0 Å². The highest BCUT2D eigenvalue weighted by Gasteiger charge is 2.47. The number of hydrogen-bond donors (Lipinski definition) is 1. The molecule has 2 aliphatic heterocycles. The van der Waals surface area contributed by atoms with Crippen molar-refractivity contribution in [1.29, 1.82) is 0 Å². The first-order valence-corrected chi connectivity index (χ1v) is 10.3. The smallest absolute Gasteiger partial charge is 0.417 e. The number of ether oxygens (including phenoxy) is 6. The van der Waals surface area contributed by atoms with Gasteiger partial charge >= 0.3 is 6.09 Å². The minimum atomic E-state index is -0.861.